The topological polar surface area (TPSA) is 67.0 Å². The SMILES string of the molecule is Cc1ccccc1C1(CN=C(N)N2CCN(c3nccs3)CC2)CCOCC1. The Morgan fingerprint density at radius 2 is 1.96 bits per heavy atom. The number of anilines is 1. The van der Waals surface area contributed by atoms with Crippen LogP contribution in [0.25, 0.3) is 0 Å². The van der Waals surface area contributed by atoms with Crippen molar-refractivity contribution in [2.45, 2.75) is 25.2 Å². The van der Waals surface area contributed by atoms with Gasteiger partial charge in [-0.05, 0) is 30.9 Å². The zero-order chi connectivity index (χ0) is 19.4. The molecule has 3 heterocycles. The van der Waals surface area contributed by atoms with Gasteiger partial charge in [0.05, 0.1) is 6.54 Å². The second-order valence-electron chi connectivity index (χ2n) is 7.67. The van der Waals surface area contributed by atoms with Gasteiger partial charge < -0.3 is 20.3 Å². The van der Waals surface area contributed by atoms with Gasteiger partial charge in [-0.2, -0.15) is 0 Å². The highest BCUT2D eigenvalue weighted by atomic mass is 32.1. The minimum Gasteiger partial charge on any atom is -0.381 e. The molecule has 6 nitrogen and oxygen atoms in total. The highest BCUT2D eigenvalue weighted by molar-refractivity contribution is 7.13. The molecule has 0 aliphatic carbocycles. The molecule has 1 aromatic carbocycles. The summed E-state index contributed by atoms with van der Waals surface area (Å²) in [4.78, 5) is 13.8. The first kappa shape index (κ1) is 19.2. The second-order valence-corrected chi connectivity index (χ2v) is 8.54. The molecule has 0 saturated carbocycles. The van der Waals surface area contributed by atoms with Gasteiger partial charge in [0.2, 0.25) is 0 Å². The van der Waals surface area contributed by atoms with E-state index in [2.05, 4.69) is 46.0 Å². The summed E-state index contributed by atoms with van der Waals surface area (Å²) in [5.74, 6) is 0.665. The number of hydrogen-bond donors (Lipinski definition) is 1. The molecule has 7 heteroatoms. The van der Waals surface area contributed by atoms with E-state index in [4.69, 9.17) is 15.5 Å². The van der Waals surface area contributed by atoms with Crippen LogP contribution in [0.4, 0.5) is 5.13 Å². The molecule has 0 spiro atoms. The Hall–Kier alpha value is -2.12. The van der Waals surface area contributed by atoms with Crippen LogP contribution in [0, 0.1) is 6.92 Å². The van der Waals surface area contributed by atoms with E-state index in [9.17, 15) is 0 Å². The van der Waals surface area contributed by atoms with Crippen molar-refractivity contribution in [2.75, 3.05) is 50.8 Å². The van der Waals surface area contributed by atoms with E-state index in [1.807, 2.05) is 11.6 Å². The maximum absolute atomic E-state index is 6.42. The van der Waals surface area contributed by atoms with Crippen LogP contribution in [0.1, 0.15) is 24.0 Å². The molecule has 4 rings (SSSR count). The monoisotopic (exact) mass is 399 g/mol. The molecule has 2 saturated heterocycles. The first-order valence-electron chi connectivity index (χ1n) is 10.0. The van der Waals surface area contributed by atoms with E-state index in [0.29, 0.717) is 5.96 Å². The van der Waals surface area contributed by atoms with Crippen LogP contribution in [0.3, 0.4) is 0 Å². The summed E-state index contributed by atoms with van der Waals surface area (Å²) in [5, 5.41) is 3.12. The Labute approximate surface area is 171 Å². The number of nitrogens with zero attached hydrogens (tertiary/aromatic N) is 4. The second kappa shape index (κ2) is 8.49. The highest BCUT2D eigenvalue weighted by Crippen LogP contribution is 2.37. The lowest BCUT2D eigenvalue weighted by atomic mass is 9.72. The molecule has 2 fully saturated rings. The largest absolute Gasteiger partial charge is 0.381 e. The van der Waals surface area contributed by atoms with Crippen LogP contribution < -0.4 is 10.6 Å². The third kappa shape index (κ3) is 4.00. The molecular weight excluding hydrogens is 370 g/mol. The van der Waals surface area contributed by atoms with Crippen LogP contribution in [-0.4, -0.2) is 61.8 Å². The van der Waals surface area contributed by atoms with Crippen molar-refractivity contribution >= 4 is 22.4 Å². The van der Waals surface area contributed by atoms with Crippen molar-refractivity contribution in [2.24, 2.45) is 10.7 Å². The lowest BCUT2D eigenvalue weighted by Crippen LogP contribution is -2.51. The number of hydrogen-bond acceptors (Lipinski definition) is 5. The maximum Gasteiger partial charge on any atom is 0.191 e. The van der Waals surface area contributed by atoms with E-state index in [0.717, 1.165) is 63.9 Å². The molecule has 150 valence electrons. The van der Waals surface area contributed by atoms with Gasteiger partial charge in [-0.1, -0.05) is 24.3 Å². The number of ether oxygens (including phenoxy) is 1. The number of thiazole rings is 1. The van der Waals surface area contributed by atoms with Gasteiger partial charge in [0.25, 0.3) is 0 Å². The van der Waals surface area contributed by atoms with Crippen LogP contribution in [-0.2, 0) is 10.2 Å². The number of piperazine rings is 1. The lowest BCUT2D eigenvalue weighted by Gasteiger charge is -2.38. The number of nitrogens with two attached hydrogens (primary N) is 1. The molecule has 0 radical (unpaired) electrons. The minimum atomic E-state index is 0.0247. The summed E-state index contributed by atoms with van der Waals surface area (Å²) in [7, 11) is 0. The van der Waals surface area contributed by atoms with Gasteiger partial charge in [-0.3, -0.25) is 4.99 Å². The Morgan fingerprint density at radius 1 is 1.21 bits per heavy atom. The van der Waals surface area contributed by atoms with Crippen LogP contribution in [0.2, 0.25) is 0 Å². The van der Waals surface area contributed by atoms with E-state index >= 15 is 0 Å². The molecule has 0 unspecified atom stereocenters. The van der Waals surface area contributed by atoms with Crippen molar-refractivity contribution < 1.29 is 4.74 Å². The van der Waals surface area contributed by atoms with Crippen molar-refractivity contribution in [3.05, 3.63) is 47.0 Å². The average molecular weight is 400 g/mol. The smallest absolute Gasteiger partial charge is 0.191 e. The van der Waals surface area contributed by atoms with Crippen LogP contribution in [0.15, 0.2) is 40.8 Å². The quantitative estimate of drug-likeness (QED) is 0.632. The van der Waals surface area contributed by atoms with Crippen LogP contribution >= 0.6 is 11.3 Å². The van der Waals surface area contributed by atoms with Gasteiger partial charge in [-0.25, -0.2) is 4.98 Å². The molecule has 1 aromatic heterocycles. The van der Waals surface area contributed by atoms with Crippen molar-refractivity contribution in [1.29, 1.82) is 0 Å². The predicted octanol–water partition coefficient (Wildman–Crippen LogP) is 2.64. The zero-order valence-electron chi connectivity index (χ0n) is 16.5. The number of aromatic nitrogens is 1. The Kier molecular flexibility index (Phi) is 5.82. The summed E-state index contributed by atoms with van der Waals surface area (Å²) in [6, 6.07) is 8.67. The fourth-order valence-corrected chi connectivity index (χ4v) is 4.97. The first-order valence-corrected chi connectivity index (χ1v) is 10.9. The molecule has 0 atom stereocenters. The fourth-order valence-electron chi connectivity index (χ4n) is 4.27. The van der Waals surface area contributed by atoms with E-state index < -0.39 is 0 Å². The summed E-state index contributed by atoms with van der Waals surface area (Å²) in [5.41, 5.74) is 9.16. The molecular formula is C21H29N5OS. The van der Waals surface area contributed by atoms with Crippen LogP contribution in [0.5, 0.6) is 0 Å². The van der Waals surface area contributed by atoms with E-state index in [1.165, 1.54) is 11.1 Å². The molecule has 2 aliphatic heterocycles. The third-order valence-electron chi connectivity index (χ3n) is 6.00. The van der Waals surface area contributed by atoms with Crippen molar-refractivity contribution in [1.82, 2.24) is 9.88 Å². The van der Waals surface area contributed by atoms with Gasteiger partial charge in [0, 0.05) is 56.4 Å². The van der Waals surface area contributed by atoms with Gasteiger partial charge in [0.15, 0.2) is 11.1 Å². The predicted molar refractivity (Wildman–Crippen MR) is 115 cm³/mol. The normalized spacial score (nSPS) is 20.4. The molecule has 28 heavy (non-hydrogen) atoms. The standard InChI is InChI=1S/C21H29N5OS/c1-17-4-2-3-5-18(17)21(6-13-27-14-7-21)16-24-19(22)25-9-11-26(12-10-25)20-23-8-15-28-20/h2-5,8,15H,6-7,9-14,16H2,1H3,(H2,22,24). The van der Waals surface area contributed by atoms with Gasteiger partial charge >= 0.3 is 0 Å². The highest BCUT2D eigenvalue weighted by Gasteiger charge is 2.35. The van der Waals surface area contributed by atoms with Gasteiger partial charge in [0.1, 0.15) is 0 Å². The molecule has 2 aliphatic rings. The summed E-state index contributed by atoms with van der Waals surface area (Å²) < 4.78 is 5.66. The Bertz CT molecular complexity index is 793. The summed E-state index contributed by atoms with van der Waals surface area (Å²) >= 11 is 1.69. The molecule has 2 N–H and O–H groups in total. The van der Waals surface area contributed by atoms with Crippen molar-refractivity contribution in [3.63, 3.8) is 0 Å². The average Bonchev–Trinajstić information content (AvgIpc) is 3.28. The Morgan fingerprint density at radius 3 is 2.64 bits per heavy atom. The summed E-state index contributed by atoms with van der Waals surface area (Å²) in [6.07, 6.45) is 3.85. The first-order chi connectivity index (χ1) is 13.7. The Balaban J connectivity index is 1.44. The van der Waals surface area contributed by atoms with E-state index in [1.54, 1.807) is 11.3 Å². The minimum absolute atomic E-state index is 0.0247. The number of aryl methyl sites for hydroxylation is 1. The molecule has 0 bridgehead atoms. The molecule has 2 aromatic rings. The summed E-state index contributed by atoms with van der Waals surface area (Å²) in [6.45, 7) is 8.12. The molecule has 0 amide bonds. The maximum atomic E-state index is 6.42. The lowest BCUT2D eigenvalue weighted by molar-refractivity contribution is 0.0528. The van der Waals surface area contributed by atoms with Crippen molar-refractivity contribution in [3.8, 4) is 0 Å². The number of aliphatic imine (C=N–C) groups is 1. The zero-order valence-corrected chi connectivity index (χ0v) is 17.3. The number of benzene rings is 1. The van der Waals surface area contributed by atoms with Gasteiger partial charge in [-0.15, -0.1) is 11.3 Å². The fraction of sp³-hybridized carbons (Fsp3) is 0.524. The third-order valence-corrected chi connectivity index (χ3v) is 6.84. The van der Waals surface area contributed by atoms with E-state index in [-0.39, 0.29) is 5.41 Å². The number of guanidine groups is 1. The number of rotatable bonds is 4.